The van der Waals surface area contributed by atoms with E-state index in [4.69, 9.17) is 10.3 Å². The standard InChI is InChI=1S/C15H19N3O2S/c1-9(2)12-7-15(20-18-12)17-14(19)8-21-13-6-10(3)4-5-11(13)16/h4-7,9H,8,16H2,1-3H3,(H,17,19). The third kappa shape index (κ3) is 4.26. The molecule has 0 saturated heterocycles. The van der Waals surface area contributed by atoms with Gasteiger partial charge in [0.2, 0.25) is 11.8 Å². The lowest BCUT2D eigenvalue weighted by atomic mass is 10.1. The molecular formula is C15H19N3O2S. The average Bonchev–Trinajstić information content (AvgIpc) is 2.88. The van der Waals surface area contributed by atoms with Crippen LogP contribution in [-0.4, -0.2) is 16.8 Å². The largest absolute Gasteiger partial charge is 0.398 e. The summed E-state index contributed by atoms with van der Waals surface area (Å²) in [5.41, 5.74) is 8.50. The molecule has 1 aromatic heterocycles. The van der Waals surface area contributed by atoms with Crippen molar-refractivity contribution >= 4 is 29.2 Å². The van der Waals surface area contributed by atoms with Gasteiger partial charge in [0.05, 0.1) is 11.4 Å². The first-order chi connectivity index (χ1) is 9.95. The number of anilines is 2. The van der Waals surface area contributed by atoms with E-state index >= 15 is 0 Å². The molecule has 0 aliphatic rings. The number of nitrogens with zero attached hydrogens (tertiary/aromatic N) is 1. The zero-order valence-electron chi connectivity index (χ0n) is 12.3. The highest BCUT2D eigenvalue weighted by atomic mass is 32.2. The highest BCUT2D eigenvalue weighted by Gasteiger charge is 2.11. The molecule has 1 aromatic carbocycles. The highest BCUT2D eigenvalue weighted by Crippen LogP contribution is 2.26. The maximum atomic E-state index is 11.9. The van der Waals surface area contributed by atoms with E-state index in [0.29, 0.717) is 11.6 Å². The molecule has 0 atom stereocenters. The second kappa shape index (κ2) is 6.67. The van der Waals surface area contributed by atoms with Crippen molar-refractivity contribution in [2.45, 2.75) is 31.6 Å². The van der Waals surface area contributed by atoms with Crippen molar-refractivity contribution in [3.8, 4) is 0 Å². The number of rotatable bonds is 5. The Bertz CT molecular complexity index is 638. The molecule has 6 heteroatoms. The topological polar surface area (TPSA) is 81.2 Å². The number of hydrogen-bond acceptors (Lipinski definition) is 5. The number of nitrogens with two attached hydrogens (primary N) is 1. The third-order valence-electron chi connectivity index (χ3n) is 2.91. The maximum absolute atomic E-state index is 11.9. The fourth-order valence-corrected chi connectivity index (χ4v) is 2.57. The van der Waals surface area contributed by atoms with Gasteiger partial charge in [0.25, 0.3) is 0 Å². The lowest BCUT2D eigenvalue weighted by Crippen LogP contribution is -2.13. The van der Waals surface area contributed by atoms with Crippen molar-refractivity contribution in [1.29, 1.82) is 0 Å². The molecule has 2 aromatic rings. The number of nitrogen functional groups attached to an aromatic ring is 1. The Morgan fingerprint density at radius 3 is 2.86 bits per heavy atom. The minimum absolute atomic E-state index is 0.146. The highest BCUT2D eigenvalue weighted by molar-refractivity contribution is 8.00. The summed E-state index contributed by atoms with van der Waals surface area (Å²) in [6.45, 7) is 6.02. The van der Waals surface area contributed by atoms with Crippen LogP contribution in [-0.2, 0) is 4.79 Å². The molecule has 0 unspecified atom stereocenters. The summed E-state index contributed by atoms with van der Waals surface area (Å²) in [7, 11) is 0. The van der Waals surface area contributed by atoms with E-state index in [0.717, 1.165) is 16.2 Å². The van der Waals surface area contributed by atoms with Crippen LogP contribution in [0, 0.1) is 6.92 Å². The van der Waals surface area contributed by atoms with Crippen molar-refractivity contribution in [3.63, 3.8) is 0 Å². The number of hydrogen-bond donors (Lipinski definition) is 2. The van der Waals surface area contributed by atoms with Gasteiger partial charge in [-0.25, -0.2) is 0 Å². The minimum atomic E-state index is -0.146. The maximum Gasteiger partial charge on any atom is 0.237 e. The van der Waals surface area contributed by atoms with E-state index in [1.807, 2.05) is 39.0 Å². The van der Waals surface area contributed by atoms with Gasteiger partial charge in [-0.15, -0.1) is 11.8 Å². The Morgan fingerprint density at radius 2 is 2.19 bits per heavy atom. The van der Waals surface area contributed by atoms with Crippen LogP contribution in [0.1, 0.15) is 31.0 Å². The van der Waals surface area contributed by atoms with E-state index in [2.05, 4.69) is 10.5 Å². The van der Waals surface area contributed by atoms with Gasteiger partial charge in [-0.3, -0.25) is 10.1 Å². The fourth-order valence-electron chi connectivity index (χ4n) is 1.70. The fraction of sp³-hybridized carbons (Fsp3) is 0.333. The van der Waals surface area contributed by atoms with Crippen molar-refractivity contribution in [2.75, 3.05) is 16.8 Å². The van der Waals surface area contributed by atoms with E-state index in [1.165, 1.54) is 11.8 Å². The predicted octanol–water partition coefficient (Wildman–Crippen LogP) is 3.42. The van der Waals surface area contributed by atoms with Gasteiger partial charge in [-0.2, -0.15) is 0 Å². The molecule has 0 fully saturated rings. The summed E-state index contributed by atoms with van der Waals surface area (Å²) in [5, 5.41) is 6.59. The van der Waals surface area contributed by atoms with E-state index in [-0.39, 0.29) is 17.6 Å². The van der Waals surface area contributed by atoms with Crippen molar-refractivity contribution in [2.24, 2.45) is 0 Å². The second-order valence-electron chi connectivity index (χ2n) is 5.15. The number of aryl methyl sites for hydroxylation is 1. The molecule has 0 saturated carbocycles. The van der Waals surface area contributed by atoms with Crippen LogP contribution in [0.3, 0.4) is 0 Å². The van der Waals surface area contributed by atoms with E-state index in [9.17, 15) is 4.79 Å². The Labute approximate surface area is 128 Å². The summed E-state index contributed by atoms with van der Waals surface area (Å²) in [4.78, 5) is 12.8. The molecular weight excluding hydrogens is 286 g/mol. The van der Waals surface area contributed by atoms with Gasteiger partial charge < -0.3 is 10.3 Å². The van der Waals surface area contributed by atoms with Crippen molar-refractivity contribution < 1.29 is 9.32 Å². The van der Waals surface area contributed by atoms with E-state index in [1.54, 1.807) is 6.07 Å². The smallest absolute Gasteiger partial charge is 0.237 e. The van der Waals surface area contributed by atoms with Crippen molar-refractivity contribution in [3.05, 3.63) is 35.5 Å². The van der Waals surface area contributed by atoms with Gasteiger partial charge in [-0.05, 0) is 30.5 Å². The molecule has 2 rings (SSSR count). The molecule has 1 heterocycles. The first-order valence-electron chi connectivity index (χ1n) is 6.71. The summed E-state index contributed by atoms with van der Waals surface area (Å²) in [5.74, 6) is 0.764. The monoisotopic (exact) mass is 305 g/mol. The lowest BCUT2D eigenvalue weighted by Gasteiger charge is -2.06. The van der Waals surface area contributed by atoms with Crippen LogP contribution in [0.2, 0.25) is 0 Å². The minimum Gasteiger partial charge on any atom is -0.398 e. The van der Waals surface area contributed by atoms with Gasteiger partial charge in [0.15, 0.2) is 0 Å². The number of carbonyl (C=O) groups is 1. The lowest BCUT2D eigenvalue weighted by molar-refractivity contribution is -0.113. The summed E-state index contributed by atoms with van der Waals surface area (Å²) in [6.07, 6.45) is 0. The summed E-state index contributed by atoms with van der Waals surface area (Å²) in [6, 6.07) is 7.51. The molecule has 0 radical (unpaired) electrons. The molecule has 1 amide bonds. The summed E-state index contributed by atoms with van der Waals surface area (Å²) >= 11 is 1.40. The summed E-state index contributed by atoms with van der Waals surface area (Å²) < 4.78 is 5.08. The molecule has 112 valence electrons. The number of amides is 1. The van der Waals surface area contributed by atoms with Crippen LogP contribution < -0.4 is 11.1 Å². The zero-order chi connectivity index (χ0) is 15.4. The van der Waals surface area contributed by atoms with Crippen LogP contribution in [0.4, 0.5) is 11.6 Å². The quantitative estimate of drug-likeness (QED) is 0.653. The zero-order valence-corrected chi connectivity index (χ0v) is 13.2. The van der Waals surface area contributed by atoms with E-state index < -0.39 is 0 Å². The molecule has 5 nitrogen and oxygen atoms in total. The van der Waals surface area contributed by atoms with Crippen LogP contribution in [0.15, 0.2) is 33.7 Å². The molecule has 3 N–H and O–H groups in total. The number of thioether (sulfide) groups is 1. The third-order valence-corrected chi connectivity index (χ3v) is 3.98. The SMILES string of the molecule is Cc1ccc(N)c(SCC(=O)Nc2cc(C(C)C)no2)c1. The van der Waals surface area contributed by atoms with Crippen molar-refractivity contribution in [1.82, 2.24) is 5.16 Å². The van der Waals surface area contributed by atoms with Gasteiger partial charge in [-0.1, -0.05) is 25.1 Å². The normalized spacial score (nSPS) is 10.9. The van der Waals surface area contributed by atoms with Crippen LogP contribution in [0.25, 0.3) is 0 Å². The Morgan fingerprint density at radius 1 is 1.43 bits per heavy atom. The van der Waals surface area contributed by atoms with Gasteiger partial charge in [0.1, 0.15) is 0 Å². The Kier molecular flexibility index (Phi) is 4.90. The number of benzene rings is 1. The molecule has 0 spiro atoms. The average molecular weight is 305 g/mol. The molecule has 0 aliphatic heterocycles. The molecule has 21 heavy (non-hydrogen) atoms. The second-order valence-corrected chi connectivity index (χ2v) is 6.17. The molecule has 0 bridgehead atoms. The first-order valence-corrected chi connectivity index (χ1v) is 7.69. The van der Waals surface area contributed by atoms with Crippen LogP contribution >= 0.6 is 11.8 Å². The Hall–Kier alpha value is -1.95. The molecule has 0 aliphatic carbocycles. The van der Waals surface area contributed by atoms with Gasteiger partial charge in [0, 0.05) is 16.6 Å². The number of aromatic nitrogens is 1. The van der Waals surface area contributed by atoms with Crippen LogP contribution in [0.5, 0.6) is 0 Å². The number of carbonyl (C=O) groups excluding carboxylic acids is 1. The predicted molar refractivity (Wildman–Crippen MR) is 85.5 cm³/mol. The number of nitrogens with one attached hydrogen (secondary N) is 1. The first kappa shape index (κ1) is 15.4. The van der Waals surface area contributed by atoms with Gasteiger partial charge >= 0.3 is 0 Å². The Balaban J connectivity index is 1.91.